The van der Waals surface area contributed by atoms with Crippen molar-refractivity contribution in [3.8, 4) is 23.0 Å². The lowest BCUT2D eigenvalue weighted by atomic mass is 9.93. The molecule has 0 amide bonds. The lowest BCUT2D eigenvalue weighted by Crippen LogP contribution is -2.48. The number of halogens is 2. The third kappa shape index (κ3) is 4.30. The summed E-state index contributed by atoms with van der Waals surface area (Å²) in [6.45, 7) is -0.554. The summed E-state index contributed by atoms with van der Waals surface area (Å²) < 4.78 is 52.7. The Morgan fingerprint density at radius 3 is 2.59 bits per heavy atom. The van der Waals surface area contributed by atoms with Crippen molar-refractivity contribution in [1.82, 2.24) is 5.32 Å². The fourth-order valence-electron chi connectivity index (χ4n) is 3.97. The topological polar surface area (TPSA) is 78.5 Å². The van der Waals surface area contributed by atoms with Crippen LogP contribution in [0.4, 0.5) is 14.5 Å². The molecule has 0 aliphatic carbocycles. The Bertz CT molecular complexity index is 1160. The molecule has 0 unspecified atom stereocenters. The van der Waals surface area contributed by atoms with E-state index in [2.05, 4.69) is 5.32 Å². The summed E-state index contributed by atoms with van der Waals surface area (Å²) in [7, 11) is 2.57. The average molecular weight is 493 g/mol. The highest BCUT2D eigenvalue weighted by Crippen LogP contribution is 2.43. The number of hydrogen-bond acceptors (Lipinski definition) is 7. The number of esters is 1. The van der Waals surface area contributed by atoms with Crippen molar-refractivity contribution >= 4 is 29.0 Å². The molecular weight excluding hydrogens is 470 g/mol. The van der Waals surface area contributed by atoms with Gasteiger partial charge in [-0.05, 0) is 37.3 Å². The van der Waals surface area contributed by atoms with Crippen molar-refractivity contribution in [2.45, 2.75) is 19.6 Å². The van der Waals surface area contributed by atoms with E-state index >= 15 is 0 Å². The van der Waals surface area contributed by atoms with E-state index < -0.39 is 18.6 Å². The van der Waals surface area contributed by atoms with Gasteiger partial charge in [0, 0.05) is 17.3 Å². The van der Waals surface area contributed by atoms with Crippen LogP contribution >= 0.6 is 12.2 Å². The van der Waals surface area contributed by atoms with Gasteiger partial charge in [-0.1, -0.05) is 12.1 Å². The molecule has 0 fully saturated rings. The van der Waals surface area contributed by atoms with Crippen LogP contribution in [-0.2, 0) is 9.53 Å². The number of anilines is 1. The molecule has 1 N–H and O–H groups in total. The molecule has 2 aliphatic rings. The van der Waals surface area contributed by atoms with Crippen LogP contribution in [0.2, 0.25) is 0 Å². The predicted octanol–water partition coefficient (Wildman–Crippen LogP) is 3.95. The number of para-hydroxylation sites is 1. The number of alkyl halides is 2. The van der Waals surface area contributed by atoms with Crippen LogP contribution in [0.3, 0.4) is 0 Å². The molecule has 0 radical (unpaired) electrons. The van der Waals surface area contributed by atoms with E-state index in [-0.39, 0.29) is 27.7 Å². The number of nitrogens with zero attached hydrogens (tertiary/aromatic N) is 1. The minimum Gasteiger partial charge on any atom is -0.493 e. The molecule has 180 valence electrons. The molecule has 2 aromatic carbocycles. The SMILES string of the molecule is COC(=O)C1=C(C)N(c2ccc3c(c2)OCCO3)C(=S)N[C@@H]1c1cccc(OC)c1OC(F)F. The zero-order valence-electron chi connectivity index (χ0n) is 18.6. The number of rotatable bonds is 6. The molecule has 2 aromatic rings. The number of fused-ring (bicyclic) bond motifs is 1. The van der Waals surface area contributed by atoms with Crippen LogP contribution in [0.25, 0.3) is 0 Å². The highest BCUT2D eigenvalue weighted by Gasteiger charge is 2.38. The number of carbonyl (C=O) groups excluding carboxylic acids is 1. The van der Waals surface area contributed by atoms with Crippen LogP contribution in [0, 0.1) is 0 Å². The number of methoxy groups -OCH3 is 2. The summed E-state index contributed by atoms with van der Waals surface area (Å²) in [4.78, 5) is 14.6. The molecule has 2 heterocycles. The Morgan fingerprint density at radius 1 is 1.18 bits per heavy atom. The van der Waals surface area contributed by atoms with E-state index in [9.17, 15) is 13.6 Å². The fraction of sp³-hybridized carbons (Fsp3) is 0.304. The molecule has 0 bridgehead atoms. The van der Waals surface area contributed by atoms with E-state index in [0.29, 0.717) is 36.1 Å². The lowest BCUT2D eigenvalue weighted by Gasteiger charge is -2.38. The van der Waals surface area contributed by atoms with E-state index in [1.165, 1.54) is 20.3 Å². The van der Waals surface area contributed by atoms with E-state index in [1.807, 2.05) is 0 Å². The molecule has 4 rings (SSSR count). The predicted molar refractivity (Wildman–Crippen MR) is 123 cm³/mol. The second-order valence-corrected chi connectivity index (χ2v) is 7.68. The number of ether oxygens (including phenoxy) is 5. The third-order valence-electron chi connectivity index (χ3n) is 5.42. The largest absolute Gasteiger partial charge is 0.493 e. The summed E-state index contributed by atoms with van der Waals surface area (Å²) in [5, 5.41) is 3.30. The normalized spacial score (nSPS) is 17.4. The number of thiocarbonyl (C=S) groups is 1. The summed E-state index contributed by atoms with van der Waals surface area (Å²) >= 11 is 5.62. The fourth-order valence-corrected chi connectivity index (χ4v) is 4.33. The van der Waals surface area contributed by atoms with E-state index in [4.69, 9.17) is 35.9 Å². The van der Waals surface area contributed by atoms with Gasteiger partial charge in [-0.15, -0.1) is 0 Å². The monoisotopic (exact) mass is 492 g/mol. The molecule has 0 spiro atoms. The maximum absolute atomic E-state index is 13.2. The van der Waals surface area contributed by atoms with Gasteiger partial charge in [-0.3, -0.25) is 4.90 Å². The Labute approximate surface area is 200 Å². The van der Waals surface area contributed by atoms with Gasteiger partial charge in [0.25, 0.3) is 0 Å². The standard InChI is InChI=1S/C23H22F2N2O6S/c1-12-18(21(28)30-3)19(14-5-4-6-16(29-2)20(14)33-22(24)25)26-23(34)27(12)13-7-8-15-17(11-13)32-10-9-31-15/h4-8,11,19,22H,9-10H2,1-3H3,(H,26,34)/t19-/m1/s1. The maximum Gasteiger partial charge on any atom is 0.387 e. The molecule has 8 nitrogen and oxygen atoms in total. The third-order valence-corrected chi connectivity index (χ3v) is 5.72. The quantitative estimate of drug-likeness (QED) is 0.476. The van der Waals surface area contributed by atoms with Crippen molar-refractivity contribution in [3.05, 3.63) is 53.2 Å². The number of benzene rings is 2. The maximum atomic E-state index is 13.2. The number of hydrogen-bond donors (Lipinski definition) is 1. The van der Waals surface area contributed by atoms with Crippen molar-refractivity contribution in [1.29, 1.82) is 0 Å². The summed E-state index contributed by atoms with van der Waals surface area (Å²) in [5.74, 6) is 0.361. The minimum atomic E-state index is -3.11. The van der Waals surface area contributed by atoms with Crippen molar-refractivity contribution < 1.29 is 37.3 Å². The van der Waals surface area contributed by atoms with Gasteiger partial charge in [-0.2, -0.15) is 8.78 Å². The van der Waals surface area contributed by atoms with Crippen LogP contribution in [0.5, 0.6) is 23.0 Å². The smallest absolute Gasteiger partial charge is 0.387 e. The second kappa shape index (κ2) is 9.72. The molecule has 0 saturated carbocycles. The van der Waals surface area contributed by atoms with Crippen LogP contribution in [0.1, 0.15) is 18.5 Å². The molecule has 1 atom stereocenters. The molecule has 0 saturated heterocycles. The number of allylic oxidation sites excluding steroid dienone is 1. The second-order valence-electron chi connectivity index (χ2n) is 7.29. The zero-order chi connectivity index (χ0) is 24.4. The summed E-state index contributed by atoms with van der Waals surface area (Å²) in [6, 6.07) is 8.98. The van der Waals surface area contributed by atoms with Gasteiger partial charge in [0.1, 0.15) is 13.2 Å². The van der Waals surface area contributed by atoms with Crippen LogP contribution in [-0.4, -0.2) is 45.1 Å². The Balaban J connectivity index is 1.84. The van der Waals surface area contributed by atoms with Crippen molar-refractivity contribution in [3.63, 3.8) is 0 Å². The van der Waals surface area contributed by atoms with Gasteiger partial charge >= 0.3 is 12.6 Å². The van der Waals surface area contributed by atoms with Crippen LogP contribution < -0.4 is 29.2 Å². The van der Waals surface area contributed by atoms with Crippen LogP contribution in [0.15, 0.2) is 47.7 Å². The average Bonchev–Trinajstić information content (AvgIpc) is 2.83. The first kappa shape index (κ1) is 23.6. The Hall–Kier alpha value is -3.60. The molecule has 34 heavy (non-hydrogen) atoms. The number of carbonyl (C=O) groups is 1. The Morgan fingerprint density at radius 2 is 1.91 bits per heavy atom. The van der Waals surface area contributed by atoms with E-state index in [0.717, 1.165) is 0 Å². The molecule has 11 heteroatoms. The van der Waals surface area contributed by atoms with Gasteiger partial charge in [0.15, 0.2) is 28.1 Å². The lowest BCUT2D eigenvalue weighted by molar-refractivity contribution is -0.136. The van der Waals surface area contributed by atoms with Gasteiger partial charge in [0.05, 0.1) is 31.5 Å². The summed E-state index contributed by atoms with van der Waals surface area (Å²) in [5.41, 5.74) is 1.47. The summed E-state index contributed by atoms with van der Waals surface area (Å²) in [6.07, 6.45) is 0. The molecule has 0 aromatic heterocycles. The van der Waals surface area contributed by atoms with Gasteiger partial charge < -0.3 is 29.0 Å². The number of nitrogens with one attached hydrogen (secondary N) is 1. The minimum absolute atomic E-state index is 0.0849. The highest BCUT2D eigenvalue weighted by atomic mass is 32.1. The molecule has 2 aliphatic heterocycles. The highest BCUT2D eigenvalue weighted by molar-refractivity contribution is 7.80. The van der Waals surface area contributed by atoms with Crippen molar-refractivity contribution in [2.75, 3.05) is 32.3 Å². The first-order chi connectivity index (χ1) is 16.3. The zero-order valence-corrected chi connectivity index (χ0v) is 19.4. The molecular formula is C23H22F2N2O6S. The first-order valence-corrected chi connectivity index (χ1v) is 10.7. The Kier molecular flexibility index (Phi) is 6.73. The van der Waals surface area contributed by atoms with Gasteiger partial charge in [0.2, 0.25) is 0 Å². The van der Waals surface area contributed by atoms with Crippen molar-refractivity contribution in [2.24, 2.45) is 0 Å². The first-order valence-electron chi connectivity index (χ1n) is 10.3. The van der Waals surface area contributed by atoms with E-state index in [1.54, 1.807) is 42.2 Å². The van der Waals surface area contributed by atoms with Gasteiger partial charge in [-0.25, -0.2) is 4.79 Å².